The molecule has 1 aromatic heterocycles. The Kier molecular flexibility index (Phi) is 8.81. The van der Waals surface area contributed by atoms with Crippen LogP contribution in [-0.2, 0) is 30.9 Å². The summed E-state index contributed by atoms with van der Waals surface area (Å²) in [5.41, 5.74) is -0.377. The van der Waals surface area contributed by atoms with Crippen LogP contribution in [0.5, 0.6) is 0 Å². The molecule has 2 aromatic rings. The van der Waals surface area contributed by atoms with Crippen molar-refractivity contribution < 1.29 is 27.3 Å². The number of carbonyl (C=O) groups is 2. The molecular weight excluding hydrogens is 510 g/mol. The monoisotopic (exact) mass is 541 g/mol. The normalized spacial score (nSPS) is 23.5. The number of nitrogens with one attached hydrogen (secondary N) is 1. The van der Waals surface area contributed by atoms with Gasteiger partial charge >= 0.3 is 5.97 Å². The van der Waals surface area contributed by atoms with E-state index in [1.54, 1.807) is 17.4 Å². The van der Waals surface area contributed by atoms with Gasteiger partial charge in [0.15, 0.2) is 0 Å². The number of rotatable bonds is 8. The Hall–Kier alpha value is -1.78. The highest BCUT2D eigenvalue weighted by Gasteiger charge is 2.65. The van der Waals surface area contributed by atoms with Crippen LogP contribution in [0.1, 0.15) is 49.6 Å². The molecule has 4 rings (SSSR count). The first kappa shape index (κ1) is 27.8. The van der Waals surface area contributed by atoms with E-state index in [-0.39, 0.29) is 23.1 Å². The van der Waals surface area contributed by atoms with E-state index in [1.807, 2.05) is 43.5 Å². The van der Waals surface area contributed by atoms with Gasteiger partial charge in [-0.2, -0.15) is 8.42 Å². The van der Waals surface area contributed by atoms with Crippen molar-refractivity contribution in [3.63, 3.8) is 0 Å². The number of esters is 1. The van der Waals surface area contributed by atoms with Gasteiger partial charge in [0.1, 0.15) is 11.8 Å². The van der Waals surface area contributed by atoms with E-state index in [0.29, 0.717) is 24.4 Å². The predicted molar refractivity (Wildman–Crippen MR) is 137 cm³/mol. The third-order valence-corrected chi connectivity index (χ3v) is 9.66. The van der Waals surface area contributed by atoms with Crippen molar-refractivity contribution in [2.45, 2.75) is 45.6 Å². The molecule has 2 N–H and O–H groups in total. The second kappa shape index (κ2) is 11.1. The maximum absolute atomic E-state index is 11.9. The second-order valence-electron chi connectivity index (χ2n) is 9.65. The molecule has 2 aliphatic carbocycles. The summed E-state index contributed by atoms with van der Waals surface area (Å²) in [6.45, 7) is 4.58. The predicted octanol–water partition coefficient (Wildman–Crippen LogP) is 4.72. The number of hydrogen-bond donors (Lipinski definition) is 2. The van der Waals surface area contributed by atoms with Crippen LogP contribution in [0.3, 0.4) is 0 Å². The maximum atomic E-state index is 11.9. The van der Waals surface area contributed by atoms with Gasteiger partial charge in [-0.05, 0) is 53.7 Å². The van der Waals surface area contributed by atoms with Gasteiger partial charge in [0.05, 0.1) is 18.3 Å². The van der Waals surface area contributed by atoms with Gasteiger partial charge in [0, 0.05) is 22.9 Å². The molecule has 2 aliphatic rings. The molecule has 3 atom stereocenters. The molecule has 2 fully saturated rings. The summed E-state index contributed by atoms with van der Waals surface area (Å²) in [5, 5.41) is 5.82. The van der Waals surface area contributed by atoms with Gasteiger partial charge < -0.3 is 10.1 Å². The molecule has 10 heteroatoms. The zero-order valence-electron chi connectivity index (χ0n) is 20.1. The van der Waals surface area contributed by atoms with Crippen LogP contribution in [0.2, 0.25) is 5.02 Å². The van der Waals surface area contributed by atoms with Crippen LogP contribution in [0, 0.1) is 16.7 Å². The highest BCUT2D eigenvalue weighted by Crippen LogP contribution is 2.64. The van der Waals surface area contributed by atoms with Gasteiger partial charge in [0.2, 0.25) is 0 Å². The SMILES string of the molecule is CC1(C)[C@@H]2CC[C@@]1(CS(=O)(=O)O)C(=O)C2.COC(=O)[C@@H](NCCc1cccs1)c1ccccc1Cl. The van der Waals surface area contributed by atoms with Crippen LogP contribution in [0.4, 0.5) is 0 Å². The third kappa shape index (κ3) is 6.14. The quantitative estimate of drug-likeness (QED) is 0.367. The van der Waals surface area contributed by atoms with Crippen molar-refractivity contribution in [2.24, 2.45) is 16.7 Å². The fourth-order valence-corrected chi connectivity index (χ4v) is 7.62. The summed E-state index contributed by atoms with van der Waals surface area (Å²) in [6.07, 6.45) is 2.84. The van der Waals surface area contributed by atoms with Crippen LogP contribution < -0.4 is 5.32 Å². The molecule has 1 heterocycles. The number of fused-ring (bicyclic) bond motifs is 2. The van der Waals surface area contributed by atoms with E-state index >= 15 is 0 Å². The summed E-state index contributed by atoms with van der Waals surface area (Å²) in [7, 11) is -2.69. The Bertz CT molecular complexity index is 1150. The first-order chi connectivity index (χ1) is 16.4. The number of benzene rings is 1. The Labute approximate surface area is 216 Å². The Morgan fingerprint density at radius 2 is 2.00 bits per heavy atom. The van der Waals surface area contributed by atoms with Gasteiger partial charge in [-0.25, -0.2) is 4.79 Å². The van der Waals surface area contributed by atoms with Crippen molar-refractivity contribution in [3.8, 4) is 0 Å². The number of ether oxygens (including phenoxy) is 1. The van der Waals surface area contributed by atoms with Crippen molar-refractivity contribution in [1.82, 2.24) is 5.32 Å². The highest BCUT2D eigenvalue weighted by molar-refractivity contribution is 7.85. The molecule has 0 spiro atoms. The first-order valence-electron chi connectivity index (χ1n) is 11.5. The summed E-state index contributed by atoms with van der Waals surface area (Å²) in [5.74, 6) is -0.431. The molecule has 1 aromatic carbocycles. The number of methoxy groups -OCH3 is 1. The standard InChI is InChI=1S/C15H16ClNO2S.C10H16O4S/c1-19-15(18)14(12-6-2-3-7-13(12)16)17-9-8-11-5-4-10-20-11;1-9(2)7-3-4-10(9,8(11)5-7)6-15(12,13)14/h2-7,10,14,17H,8-9H2,1H3;7H,3-6H2,1-2H3,(H,12,13,14)/t14-;7-,10-/m01/s1. The van der Waals surface area contributed by atoms with Crippen molar-refractivity contribution in [1.29, 1.82) is 0 Å². The Balaban J connectivity index is 0.000000203. The average molecular weight is 542 g/mol. The maximum Gasteiger partial charge on any atom is 0.327 e. The first-order valence-corrected chi connectivity index (χ1v) is 14.3. The largest absolute Gasteiger partial charge is 0.468 e. The van der Waals surface area contributed by atoms with Gasteiger partial charge in [-0.1, -0.05) is 49.7 Å². The lowest BCUT2D eigenvalue weighted by atomic mass is 9.70. The fourth-order valence-electron chi connectivity index (χ4n) is 5.36. The topological polar surface area (TPSA) is 110 Å². The summed E-state index contributed by atoms with van der Waals surface area (Å²) in [4.78, 5) is 25.1. The molecule has 0 saturated heterocycles. The molecule has 2 saturated carbocycles. The lowest BCUT2D eigenvalue weighted by Crippen LogP contribution is -2.42. The van der Waals surface area contributed by atoms with E-state index in [4.69, 9.17) is 20.9 Å². The number of carbonyl (C=O) groups excluding carboxylic acids is 2. The van der Waals surface area contributed by atoms with Crippen molar-refractivity contribution in [3.05, 3.63) is 57.2 Å². The minimum atomic E-state index is -4.08. The van der Waals surface area contributed by atoms with E-state index in [1.165, 1.54) is 12.0 Å². The minimum Gasteiger partial charge on any atom is -0.468 e. The van der Waals surface area contributed by atoms with E-state index in [2.05, 4.69) is 11.4 Å². The van der Waals surface area contributed by atoms with Gasteiger partial charge in [-0.3, -0.25) is 9.35 Å². The van der Waals surface area contributed by atoms with Gasteiger partial charge in [0.25, 0.3) is 10.1 Å². The van der Waals surface area contributed by atoms with Crippen LogP contribution in [0.25, 0.3) is 0 Å². The van der Waals surface area contributed by atoms with Crippen LogP contribution in [0.15, 0.2) is 41.8 Å². The molecule has 192 valence electrons. The fraction of sp³-hybridized carbons (Fsp3) is 0.520. The second-order valence-corrected chi connectivity index (χ2v) is 12.5. The average Bonchev–Trinajstić information content (AvgIpc) is 3.43. The molecule has 0 aliphatic heterocycles. The smallest absolute Gasteiger partial charge is 0.327 e. The minimum absolute atomic E-state index is 0.0152. The summed E-state index contributed by atoms with van der Waals surface area (Å²) >= 11 is 7.86. The molecule has 0 radical (unpaired) electrons. The van der Waals surface area contributed by atoms with E-state index < -0.39 is 27.3 Å². The lowest BCUT2D eigenvalue weighted by Gasteiger charge is -2.35. The number of thiophene rings is 1. The molecule has 2 bridgehead atoms. The molecule has 0 unspecified atom stereocenters. The number of Topliss-reactive ketones (excluding diaryl/α,β-unsaturated/α-hetero) is 1. The molecular formula is C25H32ClNO6S2. The summed E-state index contributed by atoms with van der Waals surface area (Å²) in [6, 6.07) is 10.9. The summed E-state index contributed by atoms with van der Waals surface area (Å²) < 4.78 is 35.8. The third-order valence-electron chi connectivity index (χ3n) is 7.52. The number of ketones is 1. The van der Waals surface area contributed by atoms with Crippen molar-refractivity contribution in [2.75, 3.05) is 19.4 Å². The van der Waals surface area contributed by atoms with E-state index in [9.17, 15) is 18.0 Å². The lowest BCUT2D eigenvalue weighted by molar-refractivity contribution is -0.143. The van der Waals surface area contributed by atoms with E-state index in [0.717, 1.165) is 18.4 Å². The van der Waals surface area contributed by atoms with Gasteiger partial charge in [-0.15, -0.1) is 11.3 Å². The van der Waals surface area contributed by atoms with Crippen molar-refractivity contribution >= 4 is 44.8 Å². The molecule has 0 amide bonds. The van der Waals surface area contributed by atoms with Crippen LogP contribution in [-0.4, -0.2) is 44.1 Å². The number of halogens is 1. The number of hydrogen-bond acceptors (Lipinski definition) is 7. The Morgan fingerprint density at radius 1 is 1.29 bits per heavy atom. The zero-order valence-corrected chi connectivity index (χ0v) is 22.5. The molecule has 7 nitrogen and oxygen atoms in total. The Morgan fingerprint density at radius 3 is 2.51 bits per heavy atom. The molecule has 35 heavy (non-hydrogen) atoms. The zero-order chi connectivity index (χ0) is 25.9. The van der Waals surface area contributed by atoms with Crippen LogP contribution >= 0.6 is 22.9 Å². The highest BCUT2D eigenvalue weighted by atomic mass is 35.5.